The van der Waals surface area contributed by atoms with E-state index in [4.69, 9.17) is 11.6 Å². The highest BCUT2D eigenvalue weighted by atomic mass is 35.5. The average Bonchev–Trinajstić information content (AvgIpc) is 2.84. The summed E-state index contributed by atoms with van der Waals surface area (Å²) in [6.07, 6.45) is 0. The summed E-state index contributed by atoms with van der Waals surface area (Å²) in [6.45, 7) is 12.0. The first kappa shape index (κ1) is 15.3. The van der Waals surface area contributed by atoms with Gasteiger partial charge in [-0.25, -0.2) is 4.98 Å². The van der Waals surface area contributed by atoms with Crippen molar-refractivity contribution in [3.63, 3.8) is 0 Å². The molecule has 0 saturated carbocycles. The number of hydrogen-bond donors (Lipinski definition) is 0. The van der Waals surface area contributed by atoms with Crippen molar-refractivity contribution in [2.24, 2.45) is 0 Å². The van der Waals surface area contributed by atoms with Crippen molar-refractivity contribution in [2.75, 3.05) is 19.6 Å². The summed E-state index contributed by atoms with van der Waals surface area (Å²) in [6, 6.07) is 6.64. The van der Waals surface area contributed by atoms with Crippen LogP contribution in [0.1, 0.15) is 38.2 Å². The minimum atomic E-state index is 0.370. The standard InChI is InChI=1S/C16H24ClN3/c1-5-19(6-2)11-13(4)20-15(10-17)18-14-9-7-8-12(3)16(14)20/h7-9,13H,5-6,10-11H2,1-4H3. The zero-order valence-corrected chi connectivity index (χ0v) is 13.6. The smallest absolute Gasteiger partial charge is 0.125 e. The van der Waals surface area contributed by atoms with E-state index in [1.54, 1.807) is 0 Å². The van der Waals surface area contributed by atoms with Crippen LogP contribution in [-0.4, -0.2) is 34.1 Å². The lowest BCUT2D eigenvalue weighted by Crippen LogP contribution is -2.30. The van der Waals surface area contributed by atoms with Crippen LogP contribution in [0.2, 0.25) is 0 Å². The molecule has 0 bridgehead atoms. The molecule has 0 aliphatic carbocycles. The lowest BCUT2D eigenvalue weighted by atomic mass is 10.2. The monoisotopic (exact) mass is 293 g/mol. The Kier molecular flexibility index (Phi) is 5.06. The second-order valence-electron chi connectivity index (χ2n) is 5.31. The molecule has 1 aromatic carbocycles. The number of nitrogens with zero attached hydrogens (tertiary/aromatic N) is 3. The predicted molar refractivity (Wildman–Crippen MR) is 86.5 cm³/mol. The molecule has 1 unspecified atom stereocenters. The zero-order valence-electron chi connectivity index (χ0n) is 12.9. The van der Waals surface area contributed by atoms with Crippen LogP contribution in [0.4, 0.5) is 0 Å². The van der Waals surface area contributed by atoms with E-state index >= 15 is 0 Å². The summed E-state index contributed by atoms with van der Waals surface area (Å²) in [5, 5.41) is 0. The minimum Gasteiger partial charge on any atom is -0.323 e. The van der Waals surface area contributed by atoms with Crippen LogP contribution >= 0.6 is 11.6 Å². The van der Waals surface area contributed by atoms with Crippen LogP contribution in [0.15, 0.2) is 18.2 Å². The fourth-order valence-corrected chi connectivity index (χ4v) is 3.06. The van der Waals surface area contributed by atoms with E-state index in [2.05, 4.69) is 60.3 Å². The van der Waals surface area contributed by atoms with Crippen molar-refractivity contribution in [1.82, 2.24) is 14.5 Å². The number of imidazole rings is 1. The molecule has 3 nitrogen and oxygen atoms in total. The first-order valence-corrected chi connectivity index (χ1v) is 7.90. The molecule has 20 heavy (non-hydrogen) atoms. The molecule has 0 fully saturated rings. The minimum absolute atomic E-state index is 0.370. The number of rotatable bonds is 6. The maximum absolute atomic E-state index is 6.11. The molecule has 0 spiro atoms. The number of aromatic nitrogens is 2. The van der Waals surface area contributed by atoms with Gasteiger partial charge >= 0.3 is 0 Å². The highest BCUT2D eigenvalue weighted by molar-refractivity contribution is 6.16. The van der Waals surface area contributed by atoms with Gasteiger partial charge in [-0.1, -0.05) is 26.0 Å². The molecule has 1 heterocycles. The first-order valence-electron chi connectivity index (χ1n) is 7.37. The summed E-state index contributed by atoms with van der Waals surface area (Å²) in [5.74, 6) is 1.42. The van der Waals surface area contributed by atoms with Crippen molar-refractivity contribution >= 4 is 22.6 Å². The Labute approximate surface area is 126 Å². The van der Waals surface area contributed by atoms with E-state index < -0.39 is 0 Å². The Balaban J connectivity index is 2.46. The van der Waals surface area contributed by atoms with E-state index in [0.717, 1.165) is 31.0 Å². The van der Waals surface area contributed by atoms with Crippen LogP contribution < -0.4 is 0 Å². The van der Waals surface area contributed by atoms with E-state index in [1.165, 1.54) is 11.1 Å². The maximum Gasteiger partial charge on any atom is 0.125 e. The molecule has 2 rings (SSSR count). The topological polar surface area (TPSA) is 21.1 Å². The fourth-order valence-electron chi connectivity index (χ4n) is 2.88. The molecule has 2 aromatic rings. The average molecular weight is 294 g/mol. The van der Waals surface area contributed by atoms with E-state index in [9.17, 15) is 0 Å². The lowest BCUT2D eigenvalue weighted by Gasteiger charge is -2.25. The zero-order chi connectivity index (χ0) is 14.7. The van der Waals surface area contributed by atoms with Gasteiger partial charge in [0.1, 0.15) is 5.82 Å². The van der Waals surface area contributed by atoms with Gasteiger partial charge in [0.2, 0.25) is 0 Å². The van der Waals surface area contributed by atoms with Crippen molar-refractivity contribution in [2.45, 2.75) is 39.6 Å². The molecule has 0 amide bonds. The number of benzene rings is 1. The van der Waals surface area contributed by atoms with Crippen molar-refractivity contribution in [3.8, 4) is 0 Å². The van der Waals surface area contributed by atoms with Crippen molar-refractivity contribution < 1.29 is 0 Å². The Hall–Kier alpha value is -1.06. The largest absolute Gasteiger partial charge is 0.323 e. The molecule has 1 atom stereocenters. The van der Waals surface area contributed by atoms with Gasteiger partial charge in [-0.3, -0.25) is 0 Å². The molecule has 110 valence electrons. The van der Waals surface area contributed by atoms with Crippen LogP contribution in [0.5, 0.6) is 0 Å². The van der Waals surface area contributed by atoms with Crippen LogP contribution in [0.25, 0.3) is 11.0 Å². The predicted octanol–water partition coefficient (Wildman–Crippen LogP) is 3.99. The molecule has 0 aliphatic heterocycles. The van der Waals surface area contributed by atoms with Crippen molar-refractivity contribution in [1.29, 1.82) is 0 Å². The molecule has 0 saturated heterocycles. The number of fused-ring (bicyclic) bond motifs is 1. The Bertz CT molecular complexity index is 572. The Morgan fingerprint density at radius 3 is 2.60 bits per heavy atom. The van der Waals surface area contributed by atoms with Crippen LogP contribution in [-0.2, 0) is 5.88 Å². The summed E-state index contributed by atoms with van der Waals surface area (Å²) >= 11 is 6.11. The fraction of sp³-hybridized carbons (Fsp3) is 0.562. The van der Waals surface area contributed by atoms with Gasteiger partial charge in [0, 0.05) is 12.6 Å². The molecule has 0 radical (unpaired) electrons. The maximum atomic E-state index is 6.11. The molecular formula is C16H24ClN3. The number of likely N-dealkylation sites (N-methyl/N-ethyl adjacent to an activating group) is 1. The van der Waals surface area contributed by atoms with Gasteiger partial charge in [-0.2, -0.15) is 0 Å². The van der Waals surface area contributed by atoms with Crippen molar-refractivity contribution in [3.05, 3.63) is 29.6 Å². The number of alkyl halides is 1. The number of para-hydroxylation sites is 1. The quantitative estimate of drug-likeness (QED) is 0.751. The van der Waals surface area contributed by atoms with E-state index in [-0.39, 0.29) is 0 Å². The Morgan fingerprint density at radius 1 is 1.30 bits per heavy atom. The molecular weight excluding hydrogens is 270 g/mol. The number of aryl methyl sites for hydroxylation is 1. The summed E-state index contributed by atoms with van der Waals surface area (Å²) in [7, 11) is 0. The normalized spacial score (nSPS) is 13.3. The first-order chi connectivity index (χ1) is 9.62. The van der Waals surface area contributed by atoms with Gasteiger partial charge in [0.05, 0.1) is 16.9 Å². The lowest BCUT2D eigenvalue weighted by molar-refractivity contribution is 0.261. The highest BCUT2D eigenvalue weighted by Gasteiger charge is 2.18. The van der Waals surface area contributed by atoms with E-state index in [0.29, 0.717) is 11.9 Å². The van der Waals surface area contributed by atoms with Gasteiger partial charge in [-0.05, 0) is 38.6 Å². The Morgan fingerprint density at radius 2 is 2.00 bits per heavy atom. The third-order valence-corrected chi connectivity index (χ3v) is 4.20. The highest BCUT2D eigenvalue weighted by Crippen LogP contribution is 2.25. The van der Waals surface area contributed by atoms with Gasteiger partial charge in [0.25, 0.3) is 0 Å². The second kappa shape index (κ2) is 6.59. The van der Waals surface area contributed by atoms with Gasteiger partial charge < -0.3 is 9.47 Å². The molecule has 1 aromatic heterocycles. The van der Waals surface area contributed by atoms with Gasteiger partial charge in [0.15, 0.2) is 0 Å². The second-order valence-corrected chi connectivity index (χ2v) is 5.58. The molecule has 0 N–H and O–H groups in total. The van der Waals surface area contributed by atoms with Gasteiger partial charge in [-0.15, -0.1) is 11.6 Å². The molecule has 0 aliphatic rings. The third-order valence-electron chi connectivity index (χ3n) is 3.96. The molecule has 4 heteroatoms. The van der Waals surface area contributed by atoms with Crippen LogP contribution in [0.3, 0.4) is 0 Å². The summed E-state index contributed by atoms with van der Waals surface area (Å²) < 4.78 is 2.32. The number of hydrogen-bond acceptors (Lipinski definition) is 2. The number of halogens is 1. The van der Waals surface area contributed by atoms with E-state index in [1.807, 2.05) is 0 Å². The van der Waals surface area contributed by atoms with Crippen LogP contribution in [0, 0.1) is 6.92 Å². The summed E-state index contributed by atoms with van der Waals surface area (Å²) in [4.78, 5) is 7.12. The summed E-state index contributed by atoms with van der Waals surface area (Å²) in [5.41, 5.74) is 3.53. The SMILES string of the molecule is CCN(CC)CC(C)n1c(CCl)nc2cccc(C)c21. The third kappa shape index (κ3) is 2.84.